The average Bonchev–Trinajstić information content (AvgIpc) is 2.87. The fourth-order valence-corrected chi connectivity index (χ4v) is 3.99. The zero-order valence-corrected chi connectivity index (χ0v) is 16.1. The highest BCUT2D eigenvalue weighted by Gasteiger charge is 2.22. The Morgan fingerprint density at radius 2 is 1.84 bits per heavy atom. The van der Waals surface area contributed by atoms with Gasteiger partial charge in [-0.3, -0.25) is 0 Å². The monoisotopic (exact) mass is 355 g/mol. The Hall–Kier alpha value is -2.00. The molecule has 0 radical (unpaired) electrons. The summed E-state index contributed by atoms with van der Waals surface area (Å²) in [6, 6.07) is 11.0. The molecule has 0 saturated heterocycles. The van der Waals surface area contributed by atoms with Gasteiger partial charge in [0.25, 0.3) is 0 Å². The molecule has 0 fully saturated rings. The van der Waals surface area contributed by atoms with Crippen molar-refractivity contribution in [3.05, 3.63) is 58.9 Å². The summed E-state index contributed by atoms with van der Waals surface area (Å²) in [5.41, 5.74) is 6.99. The molecule has 1 aliphatic rings. The summed E-state index contributed by atoms with van der Waals surface area (Å²) in [4.78, 5) is 7.26. The molecule has 0 spiro atoms. The summed E-state index contributed by atoms with van der Waals surface area (Å²) in [5, 5.41) is 1.35. The van der Waals surface area contributed by atoms with Gasteiger partial charge in [-0.15, -0.1) is 12.4 Å². The summed E-state index contributed by atoms with van der Waals surface area (Å²) < 4.78 is 2.47. The highest BCUT2D eigenvalue weighted by molar-refractivity contribution is 5.93. The van der Waals surface area contributed by atoms with Crippen LogP contribution in [0.3, 0.4) is 0 Å². The van der Waals surface area contributed by atoms with Gasteiger partial charge in [-0.25, -0.2) is 4.98 Å². The fraction of sp³-hybridized carbons (Fsp3) is 0.381. The molecule has 0 unspecified atom stereocenters. The lowest BCUT2D eigenvalue weighted by Gasteiger charge is -2.30. The topological polar surface area (TPSA) is 21.1 Å². The zero-order valence-electron chi connectivity index (χ0n) is 15.2. The molecule has 2 aromatic heterocycles. The van der Waals surface area contributed by atoms with Crippen molar-refractivity contribution in [2.24, 2.45) is 0 Å². The van der Waals surface area contributed by atoms with Crippen molar-refractivity contribution in [1.29, 1.82) is 0 Å². The molecule has 0 aliphatic carbocycles. The normalized spacial score (nSPS) is 13.6. The second-order valence-corrected chi connectivity index (χ2v) is 6.83. The van der Waals surface area contributed by atoms with Crippen molar-refractivity contribution >= 4 is 29.1 Å². The first-order valence-electron chi connectivity index (χ1n) is 8.96. The molecule has 132 valence electrons. The first-order chi connectivity index (χ1) is 11.7. The number of rotatable bonds is 3. The third kappa shape index (κ3) is 2.91. The minimum absolute atomic E-state index is 0. The molecule has 1 aliphatic heterocycles. The molecule has 0 amide bonds. The van der Waals surface area contributed by atoms with Crippen LogP contribution in [0.15, 0.2) is 36.5 Å². The second kappa shape index (κ2) is 7.09. The molecular formula is C21H26ClN3. The predicted molar refractivity (Wildman–Crippen MR) is 108 cm³/mol. The van der Waals surface area contributed by atoms with Gasteiger partial charge in [-0.2, -0.15) is 0 Å². The van der Waals surface area contributed by atoms with Crippen molar-refractivity contribution in [1.82, 2.24) is 9.55 Å². The van der Waals surface area contributed by atoms with Gasteiger partial charge in [-0.1, -0.05) is 31.2 Å². The van der Waals surface area contributed by atoms with Crippen LogP contribution in [0.2, 0.25) is 0 Å². The van der Waals surface area contributed by atoms with Gasteiger partial charge in [0.2, 0.25) is 0 Å². The van der Waals surface area contributed by atoms with E-state index >= 15 is 0 Å². The van der Waals surface area contributed by atoms with Crippen LogP contribution in [0.4, 0.5) is 5.82 Å². The highest BCUT2D eigenvalue weighted by Crippen LogP contribution is 2.33. The standard InChI is InChI=1S/C21H25N3.ClH/c1-4-12-24-16(3)15(2)19-9-11-22-21(20(19)24)23-13-10-17-7-5-6-8-18(17)14-23;/h5-9,11H,4,10,12-14H2,1-3H3;1H. The van der Waals surface area contributed by atoms with Gasteiger partial charge >= 0.3 is 0 Å². The van der Waals surface area contributed by atoms with E-state index in [1.807, 2.05) is 6.20 Å². The van der Waals surface area contributed by atoms with Crippen LogP contribution in [0.1, 0.15) is 35.7 Å². The summed E-state index contributed by atoms with van der Waals surface area (Å²) in [6.45, 7) is 9.77. The molecule has 3 heterocycles. The van der Waals surface area contributed by atoms with E-state index < -0.39 is 0 Å². The van der Waals surface area contributed by atoms with Gasteiger partial charge in [0.05, 0.1) is 5.52 Å². The summed E-state index contributed by atoms with van der Waals surface area (Å²) in [5.74, 6) is 1.15. The van der Waals surface area contributed by atoms with Crippen LogP contribution in [-0.2, 0) is 19.5 Å². The Labute approximate surface area is 156 Å². The zero-order chi connectivity index (χ0) is 16.7. The van der Waals surface area contributed by atoms with E-state index in [0.29, 0.717) is 0 Å². The molecule has 3 aromatic rings. The number of halogens is 1. The van der Waals surface area contributed by atoms with Crippen molar-refractivity contribution in [2.45, 2.75) is 46.7 Å². The van der Waals surface area contributed by atoms with E-state index in [-0.39, 0.29) is 12.4 Å². The smallest absolute Gasteiger partial charge is 0.153 e. The first kappa shape index (κ1) is 17.8. The molecule has 0 bridgehead atoms. The van der Waals surface area contributed by atoms with Crippen LogP contribution in [-0.4, -0.2) is 16.1 Å². The van der Waals surface area contributed by atoms with Gasteiger partial charge in [-0.05, 0) is 49.4 Å². The molecule has 0 atom stereocenters. The third-order valence-electron chi connectivity index (χ3n) is 5.40. The predicted octanol–water partition coefficient (Wildman–Crippen LogP) is 5.05. The summed E-state index contributed by atoms with van der Waals surface area (Å²) in [7, 11) is 0. The Morgan fingerprint density at radius 1 is 1.08 bits per heavy atom. The maximum atomic E-state index is 4.81. The van der Waals surface area contributed by atoms with Crippen LogP contribution >= 0.6 is 12.4 Å². The number of nitrogens with zero attached hydrogens (tertiary/aromatic N) is 3. The molecular weight excluding hydrogens is 330 g/mol. The maximum absolute atomic E-state index is 4.81. The number of fused-ring (bicyclic) bond motifs is 2. The minimum atomic E-state index is 0. The average molecular weight is 356 g/mol. The highest BCUT2D eigenvalue weighted by atomic mass is 35.5. The maximum Gasteiger partial charge on any atom is 0.153 e. The number of aromatic nitrogens is 2. The van der Waals surface area contributed by atoms with Gasteiger partial charge in [0.1, 0.15) is 0 Å². The number of benzene rings is 1. The Balaban J connectivity index is 0.00000182. The third-order valence-corrected chi connectivity index (χ3v) is 5.40. The van der Waals surface area contributed by atoms with Crippen molar-refractivity contribution in [2.75, 3.05) is 11.4 Å². The molecule has 4 heteroatoms. The number of hydrogen-bond acceptors (Lipinski definition) is 2. The number of aryl methyl sites for hydroxylation is 2. The van der Waals surface area contributed by atoms with Crippen molar-refractivity contribution < 1.29 is 0 Å². The second-order valence-electron chi connectivity index (χ2n) is 6.83. The summed E-state index contributed by atoms with van der Waals surface area (Å²) in [6.07, 6.45) is 4.21. The lowest BCUT2D eigenvalue weighted by atomic mass is 10.00. The van der Waals surface area contributed by atoms with E-state index in [0.717, 1.165) is 38.3 Å². The van der Waals surface area contributed by atoms with Crippen LogP contribution in [0.5, 0.6) is 0 Å². The largest absolute Gasteiger partial charge is 0.350 e. The molecule has 25 heavy (non-hydrogen) atoms. The Kier molecular flexibility index (Phi) is 5.05. The van der Waals surface area contributed by atoms with Gasteiger partial charge in [0, 0.05) is 36.9 Å². The minimum Gasteiger partial charge on any atom is -0.350 e. The SMILES string of the molecule is CCCn1c(C)c(C)c2ccnc(N3CCc4ccccc4C3)c21.Cl. The number of hydrogen-bond donors (Lipinski definition) is 0. The van der Waals surface area contributed by atoms with Crippen molar-refractivity contribution in [3.8, 4) is 0 Å². The first-order valence-corrected chi connectivity index (χ1v) is 8.96. The molecule has 1 aromatic carbocycles. The number of pyridine rings is 1. The summed E-state index contributed by atoms with van der Waals surface area (Å²) >= 11 is 0. The van der Waals surface area contributed by atoms with E-state index in [1.54, 1.807) is 0 Å². The quantitative estimate of drug-likeness (QED) is 0.655. The fourth-order valence-electron chi connectivity index (χ4n) is 3.99. The van der Waals surface area contributed by atoms with Gasteiger partial charge < -0.3 is 9.47 Å². The van der Waals surface area contributed by atoms with Crippen molar-refractivity contribution in [3.63, 3.8) is 0 Å². The number of anilines is 1. The van der Waals surface area contributed by atoms with Gasteiger partial charge in [0.15, 0.2) is 5.82 Å². The molecule has 4 rings (SSSR count). The Morgan fingerprint density at radius 3 is 2.60 bits per heavy atom. The van der Waals surface area contributed by atoms with E-state index in [9.17, 15) is 0 Å². The van der Waals surface area contributed by atoms with Crippen LogP contribution in [0, 0.1) is 13.8 Å². The molecule has 0 saturated carbocycles. The van der Waals surface area contributed by atoms with Crippen LogP contribution < -0.4 is 4.90 Å². The molecule has 0 N–H and O–H groups in total. The van der Waals surface area contributed by atoms with E-state index in [4.69, 9.17) is 4.98 Å². The molecule has 3 nitrogen and oxygen atoms in total. The van der Waals surface area contributed by atoms with Crippen LogP contribution in [0.25, 0.3) is 10.9 Å². The van der Waals surface area contributed by atoms with E-state index in [1.165, 1.54) is 33.3 Å². The van der Waals surface area contributed by atoms with E-state index in [2.05, 4.69) is 60.6 Å². The Bertz CT molecular complexity index is 898. The lowest BCUT2D eigenvalue weighted by molar-refractivity contribution is 0.675. The lowest BCUT2D eigenvalue weighted by Crippen LogP contribution is -2.31.